The lowest BCUT2D eigenvalue weighted by molar-refractivity contribution is 0.730. The van der Waals surface area contributed by atoms with Crippen molar-refractivity contribution in [3.8, 4) is 0 Å². The maximum atomic E-state index is 4.24. The number of hydrogen-bond acceptors (Lipinski definition) is 1. The van der Waals surface area contributed by atoms with Gasteiger partial charge in [0, 0.05) is 12.7 Å². The Balaban J connectivity index is 3.01. The van der Waals surface area contributed by atoms with Gasteiger partial charge < -0.3 is 4.57 Å². The molecule has 0 unspecified atom stereocenters. The number of imidazole rings is 1. The summed E-state index contributed by atoms with van der Waals surface area (Å²) in [5.41, 5.74) is 1.11. The topological polar surface area (TPSA) is 17.8 Å². The number of rotatable bonds is 1. The van der Waals surface area contributed by atoms with Gasteiger partial charge in [-0.05, 0) is 20.8 Å². The summed E-state index contributed by atoms with van der Waals surface area (Å²) in [6.45, 7) is 7.18. The number of hydrogen-bond donors (Lipinski definition) is 0. The van der Waals surface area contributed by atoms with Gasteiger partial charge in [0.1, 0.15) is 5.82 Å². The van der Waals surface area contributed by atoms with Gasteiger partial charge in [0.2, 0.25) is 0 Å². The zero-order valence-corrected chi connectivity index (χ0v) is 6.18. The molecule has 0 radical (unpaired) electrons. The summed E-state index contributed by atoms with van der Waals surface area (Å²) in [5, 5.41) is 0. The van der Waals surface area contributed by atoms with Crippen molar-refractivity contribution in [3.05, 3.63) is 17.7 Å². The number of aromatic nitrogens is 2. The van der Waals surface area contributed by atoms with E-state index in [9.17, 15) is 0 Å². The summed E-state index contributed by atoms with van der Waals surface area (Å²) in [6, 6.07) is 0. The molecule has 0 atom stereocenters. The van der Waals surface area contributed by atoms with Crippen LogP contribution in [0.2, 0.25) is 0 Å². The third-order valence-electron chi connectivity index (χ3n) is 1.44. The van der Waals surface area contributed by atoms with Crippen LogP contribution in [-0.2, 0) is 6.54 Å². The summed E-state index contributed by atoms with van der Waals surface area (Å²) in [5.74, 6) is 1.11. The van der Waals surface area contributed by atoms with Crippen LogP contribution in [0.15, 0.2) is 6.20 Å². The molecule has 0 fully saturated rings. The van der Waals surface area contributed by atoms with Crippen LogP contribution in [0.3, 0.4) is 0 Å². The van der Waals surface area contributed by atoms with Crippen LogP contribution < -0.4 is 0 Å². The van der Waals surface area contributed by atoms with Crippen molar-refractivity contribution in [2.75, 3.05) is 0 Å². The van der Waals surface area contributed by atoms with Gasteiger partial charge in [0.05, 0.1) is 5.69 Å². The van der Waals surface area contributed by atoms with Crippen molar-refractivity contribution in [3.63, 3.8) is 0 Å². The Kier molecular flexibility index (Phi) is 1.56. The molecule has 1 aromatic heterocycles. The van der Waals surface area contributed by atoms with E-state index in [1.54, 1.807) is 0 Å². The number of nitrogens with zero attached hydrogens (tertiary/aromatic N) is 2. The lowest BCUT2D eigenvalue weighted by Crippen LogP contribution is -1.93. The van der Waals surface area contributed by atoms with E-state index in [-0.39, 0.29) is 0 Å². The van der Waals surface area contributed by atoms with Crippen LogP contribution in [0.5, 0.6) is 0 Å². The lowest BCUT2D eigenvalue weighted by Gasteiger charge is -1.95. The highest BCUT2D eigenvalue weighted by Crippen LogP contribution is 1.98. The van der Waals surface area contributed by atoms with Gasteiger partial charge in [0.25, 0.3) is 0 Å². The molecule has 0 saturated heterocycles. The molecule has 2 nitrogen and oxygen atoms in total. The average molecular weight is 124 g/mol. The lowest BCUT2D eigenvalue weighted by atomic mass is 10.6. The first-order chi connectivity index (χ1) is 4.24. The van der Waals surface area contributed by atoms with Crippen molar-refractivity contribution < 1.29 is 0 Å². The van der Waals surface area contributed by atoms with Crippen LogP contribution in [0, 0.1) is 13.8 Å². The molecule has 0 N–H and O–H groups in total. The fourth-order valence-corrected chi connectivity index (χ4v) is 0.987. The normalized spacial score (nSPS) is 10.1. The molecular weight excluding hydrogens is 112 g/mol. The zero-order valence-electron chi connectivity index (χ0n) is 6.18. The Morgan fingerprint density at radius 1 is 1.56 bits per heavy atom. The molecule has 0 amide bonds. The first kappa shape index (κ1) is 6.33. The maximum Gasteiger partial charge on any atom is 0.105 e. The Morgan fingerprint density at radius 3 is 2.44 bits per heavy atom. The summed E-state index contributed by atoms with van der Waals surface area (Å²) < 4.78 is 2.13. The van der Waals surface area contributed by atoms with Crippen molar-refractivity contribution in [1.82, 2.24) is 9.55 Å². The first-order valence-electron chi connectivity index (χ1n) is 3.24. The third-order valence-corrected chi connectivity index (χ3v) is 1.44. The van der Waals surface area contributed by atoms with E-state index in [2.05, 4.69) is 22.7 Å². The fraction of sp³-hybridized carbons (Fsp3) is 0.571. The van der Waals surface area contributed by atoms with Crippen LogP contribution in [0.4, 0.5) is 0 Å². The molecule has 2 heteroatoms. The molecule has 1 aromatic rings. The molecule has 9 heavy (non-hydrogen) atoms. The quantitative estimate of drug-likeness (QED) is 0.555. The third kappa shape index (κ3) is 1.12. The average Bonchev–Trinajstić information content (AvgIpc) is 2.10. The predicted molar refractivity (Wildman–Crippen MR) is 37.4 cm³/mol. The molecule has 1 heterocycles. The SMILES string of the molecule is CCn1cc(C)nc1C. The molecule has 0 aliphatic heterocycles. The highest BCUT2D eigenvalue weighted by atomic mass is 15.1. The summed E-state index contributed by atoms with van der Waals surface area (Å²) >= 11 is 0. The van der Waals surface area contributed by atoms with Crippen LogP contribution in [-0.4, -0.2) is 9.55 Å². The van der Waals surface area contributed by atoms with E-state index < -0.39 is 0 Å². The molecular formula is C7H12N2. The minimum absolute atomic E-state index is 1.02. The Morgan fingerprint density at radius 2 is 2.22 bits per heavy atom. The van der Waals surface area contributed by atoms with Gasteiger partial charge in [-0.15, -0.1) is 0 Å². The minimum atomic E-state index is 1.02. The van der Waals surface area contributed by atoms with E-state index >= 15 is 0 Å². The molecule has 0 aliphatic rings. The maximum absolute atomic E-state index is 4.24. The monoisotopic (exact) mass is 124 g/mol. The molecule has 0 saturated carbocycles. The molecule has 0 spiro atoms. The first-order valence-corrected chi connectivity index (χ1v) is 3.24. The molecule has 1 rings (SSSR count). The van der Waals surface area contributed by atoms with Gasteiger partial charge in [-0.3, -0.25) is 0 Å². The van der Waals surface area contributed by atoms with Crippen molar-refractivity contribution in [2.45, 2.75) is 27.3 Å². The van der Waals surface area contributed by atoms with Gasteiger partial charge in [-0.1, -0.05) is 0 Å². The molecule has 0 aromatic carbocycles. The van der Waals surface area contributed by atoms with Crippen molar-refractivity contribution in [2.24, 2.45) is 0 Å². The predicted octanol–water partition coefficient (Wildman–Crippen LogP) is 1.52. The van der Waals surface area contributed by atoms with Crippen molar-refractivity contribution >= 4 is 0 Å². The Hall–Kier alpha value is -0.790. The van der Waals surface area contributed by atoms with E-state index in [0.29, 0.717) is 0 Å². The highest BCUT2D eigenvalue weighted by molar-refractivity contribution is 4.99. The summed E-state index contributed by atoms with van der Waals surface area (Å²) in [4.78, 5) is 4.24. The van der Waals surface area contributed by atoms with E-state index in [1.165, 1.54) is 0 Å². The Labute approximate surface area is 55.5 Å². The minimum Gasteiger partial charge on any atom is -0.335 e. The molecule has 0 bridgehead atoms. The van der Waals surface area contributed by atoms with Crippen LogP contribution in [0.1, 0.15) is 18.4 Å². The van der Waals surface area contributed by atoms with Crippen molar-refractivity contribution in [1.29, 1.82) is 0 Å². The van der Waals surface area contributed by atoms with E-state index in [0.717, 1.165) is 18.1 Å². The van der Waals surface area contributed by atoms with Gasteiger partial charge in [-0.25, -0.2) is 4.98 Å². The van der Waals surface area contributed by atoms with Gasteiger partial charge in [0.15, 0.2) is 0 Å². The molecule has 50 valence electrons. The second-order valence-electron chi connectivity index (χ2n) is 2.22. The van der Waals surface area contributed by atoms with Gasteiger partial charge in [-0.2, -0.15) is 0 Å². The smallest absolute Gasteiger partial charge is 0.105 e. The summed E-state index contributed by atoms with van der Waals surface area (Å²) in [6.07, 6.45) is 2.06. The fourth-order valence-electron chi connectivity index (χ4n) is 0.987. The largest absolute Gasteiger partial charge is 0.335 e. The van der Waals surface area contributed by atoms with Gasteiger partial charge >= 0.3 is 0 Å². The highest BCUT2D eigenvalue weighted by Gasteiger charge is 1.94. The standard InChI is InChI=1S/C7H12N2/c1-4-9-5-6(2)8-7(9)3/h5H,4H2,1-3H3. The van der Waals surface area contributed by atoms with Crippen LogP contribution >= 0.6 is 0 Å². The molecule has 0 aliphatic carbocycles. The van der Waals surface area contributed by atoms with E-state index in [1.807, 2.05) is 13.8 Å². The number of aryl methyl sites for hydroxylation is 3. The Bertz CT molecular complexity index is 201. The van der Waals surface area contributed by atoms with E-state index in [4.69, 9.17) is 0 Å². The second kappa shape index (κ2) is 2.21. The summed E-state index contributed by atoms with van der Waals surface area (Å²) in [7, 11) is 0. The second-order valence-corrected chi connectivity index (χ2v) is 2.22. The van der Waals surface area contributed by atoms with Crippen LogP contribution in [0.25, 0.3) is 0 Å². The zero-order chi connectivity index (χ0) is 6.85.